The Morgan fingerprint density at radius 1 is 1.14 bits per heavy atom. The van der Waals surface area contributed by atoms with Crippen LogP contribution in [0.15, 0.2) is 29.3 Å². The van der Waals surface area contributed by atoms with E-state index in [-0.39, 0.29) is 0 Å². The fraction of sp³-hybridized carbons (Fsp3) is 0.562. The molecule has 1 aromatic carbocycles. The summed E-state index contributed by atoms with van der Waals surface area (Å²) < 4.78 is 5.41. The molecule has 0 saturated carbocycles. The van der Waals surface area contributed by atoms with E-state index in [1.807, 2.05) is 38.0 Å². The Balaban J connectivity index is 2.08. The maximum atomic E-state index is 5.41. The molecule has 0 N–H and O–H groups in total. The molecule has 1 fully saturated rings. The molecule has 0 aromatic heterocycles. The zero-order valence-corrected chi connectivity index (χ0v) is 13.5. The van der Waals surface area contributed by atoms with Gasteiger partial charge in [0.25, 0.3) is 0 Å². The minimum atomic E-state index is 0.698. The van der Waals surface area contributed by atoms with E-state index >= 15 is 0 Å². The Morgan fingerprint density at radius 2 is 1.81 bits per heavy atom. The number of ether oxygens (including phenoxy) is 1. The average Bonchev–Trinajstić information content (AvgIpc) is 2.48. The summed E-state index contributed by atoms with van der Waals surface area (Å²) in [6.45, 7) is 4.26. The molecule has 0 aliphatic carbocycles. The third kappa shape index (κ3) is 4.36. The van der Waals surface area contributed by atoms with Gasteiger partial charge in [-0.3, -0.25) is 0 Å². The number of aliphatic imine (C=N–C) groups is 1. The Labute approximate surface area is 127 Å². The Bertz CT molecular complexity index is 469. The topological polar surface area (TPSA) is 31.3 Å². The van der Waals surface area contributed by atoms with E-state index in [4.69, 9.17) is 9.73 Å². The lowest BCUT2D eigenvalue weighted by Crippen LogP contribution is -2.36. The van der Waals surface area contributed by atoms with Gasteiger partial charge in [-0.25, -0.2) is 4.99 Å². The van der Waals surface area contributed by atoms with E-state index in [0.29, 0.717) is 6.54 Å². The van der Waals surface area contributed by atoms with Crippen molar-refractivity contribution in [2.24, 2.45) is 4.99 Å². The van der Waals surface area contributed by atoms with Crippen molar-refractivity contribution in [3.8, 4) is 0 Å². The maximum Gasteiger partial charge on any atom is 0.195 e. The highest BCUT2D eigenvalue weighted by Gasteiger charge is 2.11. The van der Waals surface area contributed by atoms with E-state index in [1.54, 1.807) is 0 Å². The molecule has 0 radical (unpaired) electrons. The molecule has 1 aliphatic rings. The smallest absolute Gasteiger partial charge is 0.195 e. The summed E-state index contributed by atoms with van der Waals surface area (Å²) in [5.74, 6) is 0.978. The van der Waals surface area contributed by atoms with Gasteiger partial charge in [-0.05, 0) is 17.7 Å². The van der Waals surface area contributed by atoms with E-state index in [9.17, 15) is 0 Å². The number of hydrogen-bond donors (Lipinski definition) is 0. The van der Waals surface area contributed by atoms with Gasteiger partial charge in [-0.2, -0.15) is 0 Å². The van der Waals surface area contributed by atoms with Crippen LogP contribution in [0.1, 0.15) is 5.56 Å². The van der Waals surface area contributed by atoms with Gasteiger partial charge in [0.1, 0.15) is 0 Å². The first-order chi connectivity index (χ1) is 10.1. The largest absolute Gasteiger partial charge is 0.378 e. The molecule has 0 bridgehead atoms. The second-order valence-electron chi connectivity index (χ2n) is 5.67. The molecule has 0 atom stereocenters. The molecule has 0 unspecified atom stereocenters. The van der Waals surface area contributed by atoms with Crippen molar-refractivity contribution >= 4 is 11.6 Å². The van der Waals surface area contributed by atoms with Gasteiger partial charge < -0.3 is 19.4 Å². The number of rotatable bonds is 3. The van der Waals surface area contributed by atoms with Crippen LogP contribution in [0.4, 0.5) is 5.69 Å². The first kappa shape index (κ1) is 15.6. The second-order valence-corrected chi connectivity index (χ2v) is 5.67. The summed E-state index contributed by atoms with van der Waals surface area (Å²) in [6, 6.07) is 8.64. The van der Waals surface area contributed by atoms with Gasteiger partial charge in [0, 0.05) is 47.0 Å². The first-order valence-electron chi connectivity index (χ1n) is 7.38. The number of benzene rings is 1. The third-order valence-electron chi connectivity index (χ3n) is 3.49. The summed E-state index contributed by atoms with van der Waals surface area (Å²) in [5, 5.41) is 0. The predicted octanol–water partition coefficient (Wildman–Crippen LogP) is 1.50. The molecule has 21 heavy (non-hydrogen) atoms. The lowest BCUT2D eigenvalue weighted by atomic mass is 10.2. The average molecular weight is 290 g/mol. The summed E-state index contributed by atoms with van der Waals surface area (Å²) in [5.41, 5.74) is 2.50. The number of anilines is 1. The summed E-state index contributed by atoms with van der Waals surface area (Å²) >= 11 is 0. The van der Waals surface area contributed by atoms with Crippen molar-refractivity contribution < 1.29 is 4.74 Å². The zero-order valence-electron chi connectivity index (χ0n) is 13.5. The normalized spacial score (nSPS) is 14.8. The highest BCUT2D eigenvalue weighted by molar-refractivity contribution is 5.79. The van der Waals surface area contributed by atoms with Gasteiger partial charge in [-0.15, -0.1) is 0 Å². The quantitative estimate of drug-likeness (QED) is 0.624. The summed E-state index contributed by atoms with van der Waals surface area (Å²) in [7, 11) is 8.07. The first-order valence-corrected chi connectivity index (χ1v) is 7.38. The van der Waals surface area contributed by atoms with Gasteiger partial charge in [0.2, 0.25) is 0 Å². The third-order valence-corrected chi connectivity index (χ3v) is 3.49. The molecule has 0 amide bonds. The predicted molar refractivity (Wildman–Crippen MR) is 88.0 cm³/mol. The van der Waals surface area contributed by atoms with Crippen LogP contribution in [0.25, 0.3) is 0 Å². The molecule has 0 spiro atoms. The fourth-order valence-corrected chi connectivity index (χ4v) is 2.52. The molecule has 1 heterocycles. The fourth-order valence-electron chi connectivity index (χ4n) is 2.52. The minimum absolute atomic E-state index is 0.698. The molecule has 1 aliphatic heterocycles. The Hall–Kier alpha value is -1.75. The van der Waals surface area contributed by atoms with E-state index < -0.39 is 0 Å². The van der Waals surface area contributed by atoms with Gasteiger partial charge >= 0.3 is 0 Å². The van der Waals surface area contributed by atoms with Crippen LogP contribution in [0, 0.1) is 0 Å². The molecule has 2 rings (SSSR count). The van der Waals surface area contributed by atoms with E-state index in [0.717, 1.165) is 32.3 Å². The Kier molecular flexibility index (Phi) is 5.44. The Morgan fingerprint density at radius 3 is 2.43 bits per heavy atom. The SMILES string of the molecule is CN(C)C(=NCc1cccc(N2CCOCC2)c1)N(C)C. The standard InChI is InChI=1S/C16H26N4O/c1-18(2)16(19(3)4)17-13-14-6-5-7-15(12-14)20-8-10-21-11-9-20/h5-7,12H,8-11,13H2,1-4H3. The lowest BCUT2D eigenvalue weighted by molar-refractivity contribution is 0.122. The summed E-state index contributed by atoms with van der Waals surface area (Å²) in [4.78, 5) is 11.1. The molecular formula is C16H26N4O. The van der Waals surface area contributed by atoms with Gasteiger partial charge in [-0.1, -0.05) is 12.1 Å². The van der Waals surface area contributed by atoms with Crippen LogP contribution < -0.4 is 4.90 Å². The number of nitrogens with zero attached hydrogens (tertiary/aromatic N) is 4. The van der Waals surface area contributed by atoms with Crippen LogP contribution in [0.5, 0.6) is 0 Å². The molecule has 116 valence electrons. The van der Waals surface area contributed by atoms with Crippen molar-refractivity contribution in [3.05, 3.63) is 29.8 Å². The van der Waals surface area contributed by atoms with Crippen LogP contribution in [-0.4, -0.2) is 70.3 Å². The van der Waals surface area contributed by atoms with Crippen molar-refractivity contribution in [2.45, 2.75) is 6.54 Å². The molecule has 5 heteroatoms. The lowest BCUT2D eigenvalue weighted by Gasteiger charge is -2.29. The molecule has 1 aromatic rings. The van der Waals surface area contributed by atoms with Crippen LogP contribution in [-0.2, 0) is 11.3 Å². The van der Waals surface area contributed by atoms with Crippen LogP contribution in [0.3, 0.4) is 0 Å². The second kappa shape index (κ2) is 7.31. The van der Waals surface area contributed by atoms with E-state index in [2.05, 4.69) is 29.2 Å². The zero-order chi connectivity index (χ0) is 15.2. The molecule has 1 saturated heterocycles. The van der Waals surface area contributed by atoms with Gasteiger partial charge in [0.05, 0.1) is 19.8 Å². The van der Waals surface area contributed by atoms with Crippen molar-refractivity contribution in [1.29, 1.82) is 0 Å². The van der Waals surface area contributed by atoms with Crippen molar-refractivity contribution in [3.63, 3.8) is 0 Å². The van der Waals surface area contributed by atoms with E-state index in [1.165, 1.54) is 11.3 Å². The number of guanidine groups is 1. The number of hydrogen-bond acceptors (Lipinski definition) is 3. The molecular weight excluding hydrogens is 264 g/mol. The number of morpholine rings is 1. The van der Waals surface area contributed by atoms with Crippen molar-refractivity contribution in [2.75, 3.05) is 59.4 Å². The van der Waals surface area contributed by atoms with Crippen LogP contribution >= 0.6 is 0 Å². The van der Waals surface area contributed by atoms with Crippen LogP contribution in [0.2, 0.25) is 0 Å². The highest BCUT2D eigenvalue weighted by Crippen LogP contribution is 2.18. The van der Waals surface area contributed by atoms with Gasteiger partial charge in [0.15, 0.2) is 5.96 Å². The minimum Gasteiger partial charge on any atom is -0.378 e. The molecule has 5 nitrogen and oxygen atoms in total. The monoisotopic (exact) mass is 290 g/mol. The highest BCUT2D eigenvalue weighted by atomic mass is 16.5. The maximum absolute atomic E-state index is 5.41. The van der Waals surface area contributed by atoms with Crippen molar-refractivity contribution in [1.82, 2.24) is 9.80 Å². The summed E-state index contributed by atoms with van der Waals surface area (Å²) in [6.07, 6.45) is 0.